The largest absolute Gasteiger partial charge is 0.438 e. The number of nitrogens with zero attached hydrogens (tertiary/aromatic N) is 2. The summed E-state index contributed by atoms with van der Waals surface area (Å²) in [5, 5.41) is 3.41. The van der Waals surface area contributed by atoms with Gasteiger partial charge < -0.3 is 10.1 Å². The fraction of sp³-hybridized carbons (Fsp3) is 0.375. The molecular weight excluding hydrogens is 250 g/mol. The molecule has 0 radical (unpaired) electrons. The molecule has 0 aliphatic heterocycles. The van der Waals surface area contributed by atoms with Gasteiger partial charge in [-0.2, -0.15) is 0 Å². The Morgan fingerprint density at radius 1 is 1.15 bits per heavy atom. The van der Waals surface area contributed by atoms with Crippen LogP contribution in [0.2, 0.25) is 0 Å². The van der Waals surface area contributed by atoms with Gasteiger partial charge in [-0.15, -0.1) is 0 Å². The van der Waals surface area contributed by atoms with E-state index in [1.165, 1.54) is 18.4 Å². The molecule has 1 aromatic heterocycles. The molecule has 1 fully saturated rings. The predicted octanol–water partition coefficient (Wildman–Crippen LogP) is 3.08. The van der Waals surface area contributed by atoms with Gasteiger partial charge in [0, 0.05) is 12.6 Å². The van der Waals surface area contributed by atoms with Gasteiger partial charge in [0.15, 0.2) is 0 Å². The number of hydrogen-bond donors (Lipinski definition) is 1. The van der Waals surface area contributed by atoms with Crippen molar-refractivity contribution in [2.75, 3.05) is 0 Å². The van der Waals surface area contributed by atoms with Crippen molar-refractivity contribution in [3.05, 3.63) is 47.9 Å². The minimum absolute atomic E-state index is 0.532. The lowest BCUT2D eigenvalue weighted by Crippen LogP contribution is -2.16. The van der Waals surface area contributed by atoms with Crippen molar-refractivity contribution >= 4 is 0 Å². The molecule has 0 bridgehead atoms. The maximum Gasteiger partial charge on any atom is 0.237 e. The van der Waals surface area contributed by atoms with Crippen LogP contribution in [0.15, 0.2) is 36.7 Å². The third-order valence-electron chi connectivity index (χ3n) is 3.38. The van der Waals surface area contributed by atoms with E-state index in [2.05, 4.69) is 34.3 Å². The van der Waals surface area contributed by atoms with Crippen molar-refractivity contribution in [2.24, 2.45) is 0 Å². The molecule has 1 heterocycles. The van der Waals surface area contributed by atoms with Crippen molar-refractivity contribution < 1.29 is 4.74 Å². The molecule has 4 heteroatoms. The van der Waals surface area contributed by atoms with Gasteiger partial charge in [-0.25, -0.2) is 4.98 Å². The monoisotopic (exact) mass is 269 g/mol. The van der Waals surface area contributed by atoms with Gasteiger partial charge >= 0.3 is 0 Å². The van der Waals surface area contributed by atoms with Crippen LogP contribution in [0.1, 0.15) is 31.0 Å². The maximum absolute atomic E-state index is 5.68. The zero-order chi connectivity index (χ0) is 13.8. The van der Waals surface area contributed by atoms with Crippen molar-refractivity contribution in [1.82, 2.24) is 15.3 Å². The highest BCUT2D eigenvalue weighted by Crippen LogP contribution is 2.20. The summed E-state index contributed by atoms with van der Waals surface area (Å²) in [7, 11) is 0. The lowest BCUT2D eigenvalue weighted by molar-refractivity contribution is 0.458. The van der Waals surface area contributed by atoms with Gasteiger partial charge in [0.05, 0.1) is 18.1 Å². The molecule has 1 N–H and O–H groups in total. The molecular formula is C16H19N3O. The van der Waals surface area contributed by atoms with Gasteiger partial charge in [-0.05, 0) is 37.0 Å². The summed E-state index contributed by atoms with van der Waals surface area (Å²) in [5.74, 6) is 1.32. The van der Waals surface area contributed by atoms with E-state index in [9.17, 15) is 0 Å². The molecule has 1 aliphatic rings. The van der Waals surface area contributed by atoms with Crippen LogP contribution in [-0.2, 0) is 13.0 Å². The molecule has 20 heavy (non-hydrogen) atoms. The average molecular weight is 269 g/mol. The van der Waals surface area contributed by atoms with E-state index < -0.39 is 0 Å². The first-order valence-electron chi connectivity index (χ1n) is 7.14. The Hall–Kier alpha value is -1.94. The topological polar surface area (TPSA) is 47.0 Å². The second kappa shape index (κ2) is 6.01. The van der Waals surface area contributed by atoms with Crippen LogP contribution >= 0.6 is 0 Å². The maximum atomic E-state index is 5.68. The average Bonchev–Trinajstić information content (AvgIpc) is 3.32. The van der Waals surface area contributed by atoms with Crippen molar-refractivity contribution in [3.63, 3.8) is 0 Å². The molecule has 0 unspecified atom stereocenters. The third-order valence-corrected chi connectivity index (χ3v) is 3.38. The first kappa shape index (κ1) is 13.1. The van der Waals surface area contributed by atoms with E-state index in [0.717, 1.165) is 24.4 Å². The van der Waals surface area contributed by atoms with E-state index >= 15 is 0 Å². The van der Waals surface area contributed by atoms with Crippen LogP contribution in [0.25, 0.3) is 0 Å². The molecule has 0 atom stereocenters. The number of aromatic nitrogens is 2. The molecule has 1 aromatic carbocycles. The Morgan fingerprint density at radius 3 is 2.55 bits per heavy atom. The summed E-state index contributed by atoms with van der Waals surface area (Å²) in [6, 6.07) is 8.74. The number of rotatable bonds is 6. The fourth-order valence-corrected chi connectivity index (χ4v) is 1.94. The highest BCUT2D eigenvalue weighted by molar-refractivity contribution is 5.29. The molecule has 2 aromatic rings. The van der Waals surface area contributed by atoms with Crippen LogP contribution in [-0.4, -0.2) is 16.0 Å². The zero-order valence-electron chi connectivity index (χ0n) is 11.7. The van der Waals surface area contributed by atoms with Crippen LogP contribution in [0.4, 0.5) is 0 Å². The number of nitrogens with one attached hydrogen (secondary N) is 1. The minimum Gasteiger partial charge on any atom is -0.438 e. The van der Waals surface area contributed by atoms with Crippen LogP contribution < -0.4 is 10.1 Å². The van der Waals surface area contributed by atoms with Gasteiger partial charge in [-0.1, -0.05) is 19.1 Å². The molecule has 0 amide bonds. The summed E-state index contributed by atoms with van der Waals surface area (Å²) in [5.41, 5.74) is 2.25. The molecule has 0 spiro atoms. The molecule has 3 rings (SSSR count). The van der Waals surface area contributed by atoms with E-state index in [-0.39, 0.29) is 0 Å². The number of benzene rings is 1. The van der Waals surface area contributed by atoms with Crippen LogP contribution in [0, 0.1) is 0 Å². The van der Waals surface area contributed by atoms with Crippen molar-refractivity contribution in [3.8, 4) is 11.6 Å². The lowest BCUT2D eigenvalue weighted by Gasteiger charge is -2.06. The minimum atomic E-state index is 0.532. The first-order valence-corrected chi connectivity index (χ1v) is 7.14. The van der Waals surface area contributed by atoms with Crippen molar-refractivity contribution in [2.45, 2.75) is 38.8 Å². The highest BCUT2D eigenvalue weighted by atomic mass is 16.5. The SMILES string of the molecule is CCc1ccc(Oc2cnc(CNC3CC3)cn2)cc1. The van der Waals surface area contributed by atoms with Crippen LogP contribution in [0.3, 0.4) is 0 Å². The Balaban J connectivity index is 1.58. The van der Waals surface area contributed by atoms with Crippen molar-refractivity contribution in [1.29, 1.82) is 0 Å². The Morgan fingerprint density at radius 2 is 1.95 bits per heavy atom. The summed E-state index contributed by atoms with van der Waals surface area (Å²) in [6.07, 6.45) is 7.04. The van der Waals surface area contributed by atoms with E-state index in [1.807, 2.05) is 12.1 Å². The number of hydrogen-bond acceptors (Lipinski definition) is 4. The summed E-state index contributed by atoms with van der Waals surface area (Å²) >= 11 is 0. The second-order valence-corrected chi connectivity index (χ2v) is 5.10. The van der Waals surface area contributed by atoms with Crippen LogP contribution in [0.5, 0.6) is 11.6 Å². The molecule has 4 nitrogen and oxygen atoms in total. The second-order valence-electron chi connectivity index (χ2n) is 5.10. The lowest BCUT2D eigenvalue weighted by atomic mass is 10.2. The quantitative estimate of drug-likeness (QED) is 0.875. The predicted molar refractivity (Wildman–Crippen MR) is 77.8 cm³/mol. The third kappa shape index (κ3) is 3.54. The molecule has 1 aliphatic carbocycles. The first-order chi connectivity index (χ1) is 9.83. The van der Waals surface area contributed by atoms with Gasteiger partial charge in [0.1, 0.15) is 5.75 Å². The number of ether oxygens (including phenoxy) is 1. The standard InChI is InChI=1S/C16H19N3O/c1-2-12-3-7-15(8-4-12)20-16-11-18-14(10-19-16)9-17-13-5-6-13/h3-4,7-8,10-11,13,17H,2,5-6,9H2,1H3. The normalized spacial score (nSPS) is 14.2. The van der Waals surface area contributed by atoms with E-state index in [4.69, 9.17) is 4.74 Å². The Kier molecular flexibility index (Phi) is 3.92. The van der Waals surface area contributed by atoms with Gasteiger partial charge in [0.2, 0.25) is 5.88 Å². The molecule has 0 saturated heterocycles. The number of aryl methyl sites for hydroxylation is 1. The van der Waals surface area contributed by atoms with Gasteiger partial charge in [0.25, 0.3) is 0 Å². The van der Waals surface area contributed by atoms with E-state index in [0.29, 0.717) is 11.9 Å². The summed E-state index contributed by atoms with van der Waals surface area (Å²) < 4.78 is 5.68. The summed E-state index contributed by atoms with van der Waals surface area (Å²) in [4.78, 5) is 8.65. The summed E-state index contributed by atoms with van der Waals surface area (Å²) in [6.45, 7) is 2.92. The van der Waals surface area contributed by atoms with Gasteiger partial charge in [-0.3, -0.25) is 4.98 Å². The van der Waals surface area contributed by atoms with E-state index in [1.54, 1.807) is 12.4 Å². The zero-order valence-corrected chi connectivity index (χ0v) is 11.7. The Bertz CT molecular complexity index is 547. The highest BCUT2D eigenvalue weighted by Gasteiger charge is 2.20. The Labute approximate surface area is 119 Å². The smallest absolute Gasteiger partial charge is 0.237 e. The fourth-order valence-electron chi connectivity index (χ4n) is 1.94. The molecule has 1 saturated carbocycles. The molecule has 104 valence electrons.